The van der Waals surface area contributed by atoms with Crippen molar-refractivity contribution in [1.29, 1.82) is 0 Å². The van der Waals surface area contributed by atoms with E-state index in [-0.39, 0.29) is 5.91 Å². The largest absolute Gasteiger partial charge is 0.322 e. The molecule has 1 amide bonds. The van der Waals surface area contributed by atoms with Gasteiger partial charge in [0.25, 0.3) is 5.91 Å². The third kappa shape index (κ3) is 3.20. The van der Waals surface area contributed by atoms with Crippen molar-refractivity contribution in [2.24, 2.45) is 0 Å². The van der Waals surface area contributed by atoms with Gasteiger partial charge in [-0.25, -0.2) is 0 Å². The molecule has 0 aliphatic rings. The Morgan fingerprint density at radius 1 is 1.21 bits per heavy atom. The lowest BCUT2D eigenvalue weighted by Gasteiger charge is -2.08. The molecule has 96 valence electrons. The van der Waals surface area contributed by atoms with Crippen molar-refractivity contribution in [2.75, 3.05) is 5.32 Å². The molecular weight excluding hydrogens is 262 g/mol. The van der Waals surface area contributed by atoms with Crippen LogP contribution in [0.4, 0.5) is 5.69 Å². The molecule has 3 nitrogen and oxygen atoms in total. The lowest BCUT2D eigenvalue weighted by molar-refractivity contribution is 0.102. The Labute approximate surface area is 116 Å². The maximum Gasteiger partial charge on any atom is 0.255 e. The molecule has 2 aromatic rings. The first-order chi connectivity index (χ1) is 9.10. The van der Waals surface area contributed by atoms with Gasteiger partial charge in [0.2, 0.25) is 0 Å². The number of halogens is 1. The van der Waals surface area contributed by atoms with Crippen LogP contribution in [0.1, 0.15) is 26.3 Å². The number of carbonyl (C=O) groups is 2. The molecule has 2 rings (SSSR count). The van der Waals surface area contributed by atoms with Crippen molar-refractivity contribution in [1.82, 2.24) is 0 Å². The number of amides is 1. The Balaban J connectivity index is 2.25. The minimum absolute atomic E-state index is 0.247. The van der Waals surface area contributed by atoms with Gasteiger partial charge in [-0.15, -0.1) is 0 Å². The van der Waals surface area contributed by atoms with Gasteiger partial charge in [-0.3, -0.25) is 9.59 Å². The van der Waals surface area contributed by atoms with Crippen LogP contribution in [-0.4, -0.2) is 12.2 Å². The van der Waals surface area contributed by atoms with E-state index in [4.69, 9.17) is 11.6 Å². The zero-order valence-corrected chi connectivity index (χ0v) is 11.1. The van der Waals surface area contributed by atoms with Crippen LogP contribution in [0.3, 0.4) is 0 Å². The number of rotatable bonds is 3. The molecule has 2 aromatic carbocycles. The molecule has 4 heteroatoms. The highest BCUT2D eigenvalue weighted by Crippen LogP contribution is 2.17. The van der Waals surface area contributed by atoms with Crippen molar-refractivity contribution < 1.29 is 9.59 Å². The van der Waals surface area contributed by atoms with Crippen molar-refractivity contribution in [3.05, 3.63) is 64.2 Å². The number of benzene rings is 2. The number of hydrogen-bond donors (Lipinski definition) is 1. The van der Waals surface area contributed by atoms with E-state index in [1.807, 2.05) is 6.92 Å². The van der Waals surface area contributed by atoms with Gasteiger partial charge in [-0.2, -0.15) is 0 Å². The van der Waals surface area contributed by atoms with Gasteiger partial charge in [-0.1, -0.05) is 29.8 Å². The first-order valence-corrected chi connectivity index (χ1v) is 6.10. The molecule has 0 atom stereocenters. The molecule has 0 aliphatic carbocycles. The summed E-state index contributed by atoms with van der Waals surface area (Å²) < 4.78 is 0. The van der Waals surface area contributed by atoms with E-state index in [0.29, 0.717) is 21.8 Å². The second-order valence-corrected chi connectivity index (χ2v) is 4.59. The van der Waals surface area contributed by atoms with Crippen LogP contribution in [0, 0.1) is 6.92 Å². The summed E-state index contributed by atoms with van der Waals surface area (Å²) in [6, 6.07) is 11.9. The van der Waals surface area contributed by atoms with Gasteiger partial charge in [0, 0.05) is 21.8 Å². The summed E-state index contributed by atoms with van der Waals surface area (Å²) in [5.41, 5.74) is 2.45. The molecule has 0 unspecified atom stereocenters. The maximum absolute atomic E-state index is 12.1. The molecule has 0 aromatic heterocycles. The number of nitrogens with one attached hydrogen (secondary N) is 1. The van der Waals surface area contributed by atoms with Crippen molar-refractivity contribution in [3.63, 3.8) is 0 Å². The van der Waals surface area contributed by atoms with E-state index in [2.05, 4.69) is 5.32 Å². The van der Waals surface area contributed by atoms with Crippen LogP contribution in [0.25, 0.3) is 0 Å². The summed E-state index contributed by atoms with van der Waals surface area (Å²) in [7, 11) is 0. The lowest BCUT2D eigenvalue weighted by atomic mass is 10.1. The van der Waals surface area contributed by atoms with Crippen molar-refractivity contribution in [2.45, 2.75) is 6.92 Å². The average molecular weight is 274 g/mol. The predicted molar refractivity (Wildman–Crippen MR) is 76.0 cm³/mol. The monoisotopic (exact) mass is 273 g/mol. The SMILES string of the molecule is Cc1ccc(Cl)cc1C(=O)Nc1cccc(C=O)c1. The quantitative estimate of drug-likeness (QED) is 0.867. The predicted octanol–water partition coefficient (Wildman–Crippen LogP) is 3.71. The number of carbonyl (C=O) groups excluding carboxylic acids is 2. The van der Waals surface area contributed by atoms with Gasteiger partial charge in [-0.05, 0) is 36.8 Å². The molecule has 0 heterocycles. The normalized spacial score (nSPS) is 10.0. The molecule has 1 N–H and O–H groups in total. The molecule has 0 radical (unpaired) electrons. The Bertz CT molecular complexity index is 638. The third-order valence-corrected chi connectivity index (χ3v) is 2.96. The van der Waals surface area contributed by atoms with Crippen LogP contribution >= 0.6 is 11.6 Å². The molecule has 0 spiro atoms. The van der Waals surface area contributed by atoms with Gasteiger partial charge in [0.1, 0.15) is 6.29 Å². The summed E-state index contributed by atoms with van der Waals surface area (Å²) >= 11 is 5.89. The first kappa shape index (κ1) is 13.3. The topological polar surface area (TPSA) is 46.2 Å². The maximum atomic E-state index is 12.1. The Kier molecular flexibility index (Phi) is 3.97. The van der Waals surface area contributed by atoms with Crippen LogP contribution in [0.5, 0.6) is 0 Å². The molecule has 0 bridgehead atoms. The minimum atomic E-state index is -0.247. The zero-order chi connectivity index (χ0) is 13.8. The van der Waals surface area contributed by atoms with E-state index in [9.17, 15) is 9.59 Å². The summed E-state index contributed by atoms with van der Waals surface area (Å²) in [5, 5.41) is 3.26. The van der Waals surface area contributed by atoms with Crippen molar-refractivity contribution in [3.8, 4) is 0 Å². The van der Waals surface area contributed by atoms with E-state index in [0.717, 1.165) is 11.8 Å². The number of aryl methyl sites for hydroxylation is 1. The molecule has 0 saturated heterocycles. The number of aldehydes is 1. The fourth-order valence-corrected chi connectivity index (χ4v) is 1.90. The van der Waals surface area contributed by atoms with Gasteiger partial charge >= 0.3 is 0 Å². The molecular formula is C15H12ClNO2. The van der Waals surface area contributed by atoms with E-state index in [1.54, 1.807) is 42.5 Å². The van der Waals surface area contributed by atoms with Gasteiger partial charge < -0.3 is 5.32 Å². The number of anilines is 1. The van der Waals surface area contributed by atoms with Crippen LogP contribution in [-0.2, 0) is 0 Å². The second-order valence-electron chi connectivity index (χ2n) is 4.16. The Morgan fingerprint density at radius 2 is 2.00 bits per heavy atom. The van der Waals surface area contributed by atoms with E-state index in [1.165, 1.54) is 0 Å². The summed E-state index contributed by atoms with van der Waals surface area (Å²) in [6.07, 6.45) is 0.736. The van der Waals surface area contributed by atoms with Crippen LogP contribution < -0.4 is 5.32 Å². The average Bonchev–Trinajstić information content (AvgIpc) is 2.41. The Hall–Kier alpha value is -2.13. The standard InChI is InChI=1S/C15H12ClNO2/c1-10-5-6-12(16)8-14(10)15(19)17-13-4-2-3-11(7-13)9-18/h2-9H,1H3,(H,17,19). The lowest BCUT2D eigenvalue weighted by Crippen LogP contribution is -2.13. The molecule has 0 aliphatic heterocycles. The Morgan fingerprint density at radius 3 is 2.74 bits per heavy atom. The number of hydrogen-bond acceptors (Lipinski definition) is 2. The van der Waals surface area contributed by atoms with Gasteiger partial charge in [0.15, 0.2) is 0 Å². The molecule has 19 heavy (non-hydrogen) atoms. The zero-order valence-electron chi connectivity index (χ0n) is 10.3. The fraction of sp³-hybridized carbons (Fsp3) is 0.0667. The fourth-order valence-electron chi connectivity index (χ4n) is 1.73. The summed E-state index contributed by atoms with van der Waals surface area (Å²) in [5.74, 6) is -0.247. The van der Waals surface area contributed by atoms with Crippen LogP contribution in [0.15, 0.2) is 42.5 Å². The smallest absolute Gasteiger partial charge is 0.255 e. The van der Waals surface area contributed by atoms with E-state index >= 15 is 0 Å². The molecule has 0 saturated carbocycles. The highest BCUT2D eigenvalue weighted by molar-refractivity contribution is 6.31. The highest BCUT2D eigenvalue weighted by Gasteiger charge is 2.10. The highest BCUT2D eigenvalue weighted by atomic mass is 35.5. The summed E-state index contributed by atoms with van der Waals surface area (Å²) in [4.78, 5) is 22.8. The first-order valence-electron chi connectivity index (χ1n) is 5.73. The second kappa shape index (κ2) is 5.67. The van der Waals surface area contributed by atoms with Crippen molar-refractivity contribution >= 4 is 29.5 Å². The van der Waals surface area contributed by atoms with E-state index < -0.39 is 0 Å². The third-order valence-electron chi connectivity index (χ3n) is 2.72. The minimum Gasteiger partial charge on any atom is -0.322 e. The summed E-state index contributed by atoms with van der Waals surface area (Å²) in [6.45, 7) is 1.84. The molecule has 0 fully saturated rings. The van der Waals surface area contributed by atoms with Gasteiger partial charge in [0.05, 0.1) is 0 Å². The van der Waals surface area contributed by atoms with Crippen LogP contribution in [0.2, 0.25) is 5.02 Å².